The summed E-state index contributed by atoms with van der Waals surface area (Å²) in [4.78, 5) is 0. The normalized spacial score (nSPS) is 12.6. The largest absolute Gasteiger partial charge is 0.389 e. The maximum Gasteiger partial charge on any atom is 0.0891 e. The number of aliphatic hydroxyl groups is 1. The first-order valence-electron chi connectivity index (χ1n) is 8.56. The van der Waals surface area contributed by atoms with Crippen molar-refractivity contribution in [3.05, 3.63) is 71.4 Å². The highest BCUT2D eigenvalue weighted by Crippen LogP contribution is 2.31. The van der Waals surface area contributed by atoms with Gasteiger partial charge in [0.2, 0.25) is 0 Å². The van der Waals surface area contributed by atoms with Crippen molar-refractivity contribution >= 4 is 95.3 Å². The topological polar surface area (TPSA) is 37.2 Å². The molecule has 0 aliphatic heterocycles. The van der Waals surface area contributed by atoms with Crippen LogP contribution in [0.4, 0.5) is 5.69 Å². The van der Waals surface area contributed by atoms with Crippen molar-refractivity contribution in [3.63, 3.8) is 0 Å². The number of fused-ring (bicyclic) bond motifs is 3. The highest BCUT2D eigenvalue weighted by Gasteiger charge is 2.14. The first-order chi connectivity index (χ1) is 13.0. The number of benzene rings is 3. The number of aromatic nitrogens is 1. The predicted molar refractivity (Wildman–Crippen MR) is 139 cm³/mol. The van der Waals surface area contributed by atoms with E-state index in [1.165, 1.54) is 32.5 Å². The number of hydrogen-bond acceptors (Lipinski definition) is 2. The third-order valence-electron chi connectivity index (χ3n) is 4.57. The highest BCUT2D eigenvalue weighted by atomic mass is 127. The molecule has 27 heavy (non-hydrogen) atoms. The van der Waals surface area contributed by atoms with Gasteiger partial charge in [-0.15, -0.1) is 0 Å². The summed E-state index contributed by atoms with van der Waals surface area (Å²) in [6.07, 6.45) is -0.485. The van der Waals surface area contributed by atoms with Crippen molar-refractivity contribution in [2.45, 2.75) is 12.6 Å². The van der Waals surface area contributed by atoms with Crippen molar-refractivity contribution in [1.29, 1.82) is 0 Å². The number of anilines is 1. The smallest absolute Gasteiger partial charge is 0.0891 e. The van der Waals surface area contributed by atoms with Crippen molar-refractivity contribution in [2.75, 3.05) is 11.9 Å². The fraction of sp³-hybridized carbons (Fsp3) is 0.143. The van der Waals surface area contributed by atoms with E-state index in [4.69, 9.17) is 0 Å². The number of hydrogen-bond donors (Lipinski definition) is 2. The van der Waals surface area contributed by atoms with Gasteiger partial charge in [-0.3, -0.25) is 0 Å². The van der Waals surface area contributed by atoms with Gasteiger partial charge < -0.3 is 15.0 Å². The summed E-state index contributed by atoms with van der Waals surface area (Å²) in [6.45, 7) is 1.06. The van der Waals surface area contributed by atoms with E-state index in [1.54, 1.807) is 0 Å². The number of rotatable bonds is 5. The molecule has 0 aliphatic carbocycles. The Morgan fingerprint density at radius 2 is 1.30 bits per heavy atom. The SMILES string of the molecule is O[C@@H](CNc1ccc(I)cc1)Cn1c2ccc(I)cc2c2cc(I)ccc21. The van der Waals surface area contributed by atoms with Gasteiger partial charge in [0.15, 0.2) is 0 Å². The molecule has 0 radical (unpaired) electrons. The molecule has 0 fully saturated rings. The molecular weight excluding hydrogens is 677 g/mol. The molecule has 6 heteroatoms. The molecule has 2 N–H and O–H groups in total. The molecule has 3 nitrogen and oxygen atoms in total. The van der Waals surface area contributed by atoms with E-state index in [2.05, 4.69) is 126 Å². The number of nitrogens with one attached hydrogen (secondary N) is 1. The van der Waals surface area contributed by atoms with Crippen LogP contribution in [0, 0.1) is 10.7 Å². The highest BCUT2D eigenvalue weighted by molar-refractivity contribution is 14.1. The van der Waals surface area contributed by atoms with Crippen LogP contribution in [0.15, 0.2) is 60.7 Å². The van der Waals surface area contributed by atoms with Crippen molar-refractivity contribution < 1.29 is 5.11 Å². The predicted octanol–water partition coefficient (Wildman–Crippen LogP) is 6.08. The monoisotopic (exact) mass is 694 g/mol. The summed E-state index contributed by atoms with van der Waals surface area (Å²) in [7, 11) is 0. The average molecular weight is 694 g/mol. The number of nitrogens with zero attached hydrogens (tertiary/aromatic N) is 1. The zero-order valence-corrected chi connectivity index (χ0v) is 20.8. The Hall–Kier alpha value is -0.590. The zero-order chi connectivity index (χ0) is 19.0. The second-order valence-electron chi connectivity index (χ2n) is 6.48. The van der Waals surface area contributed by atoms with Gasteiger partial charge in [-0.1, -0.05) is 0 Å². The summed E-state index contributed by atoms with van der Waals surface area (Å²) in [5.41, 5.74) is 3.36. The summed E-state index contributed by atoms with van der Waals surface area (Å²) in [5, 5.41) is 16.5. The molecule has 0 bridgehead atoms. The van der Waals surface area contributed by atoms with Crippen LogP contribution in [0.2, 0.25) is 0 Å². The molecule has 4 rings (SSSR count). The van der Waals surface area contributed by atoms with E-state index in [0.717, 1.165) is 5.69 Å². The molecule has 138 valence electrons. The number of aliphatic hydroxyl groups excluding tert-OH is 1. The third kappa shape index (κ3) is 4.38. The van der Waals surface area contributed by atoms with E-state index >= 15 is 0 Å². The van der Waals surface area contributed by atoms with Crippen LogP contribution in [0.3, 0.4) is 0 Å². The Labute approximate surface area is 198 Å². The Balaban J connectivity index is 1.63. The van der Waals surface area contributed by atoms with Gasteiger partial charge in [-0.25, -0.2) is 0 Å². The van der Waals surface area contributed by atoms with Crippen LogP contribution in [-0.2, 0) is 6.54 Å². The Kier molecular flexibility index (Phi) is 6.15. The van der Waals surface area contributed by atoms with Gasteiger partial charge in [0.05, 0.1) is 12.6 Å². The summed E-state index contributed by atoms with van der Waals surface area (Å²) in [6, 6.07) is 21.2. The molecule has 1 heterocycles. The van der Waals surface area contributed by atoms with E-state index in [1.807, 2.05) is 12.1 Å². The molecule has 0 amide bonds. The van der Waals surface area contributed by atoms with Gasteiger partial charge in [0.1, 0.15) is 0 Å². The lowest BCUT2D eigenvalue weighted by atomic mass is 10.2. The van der Waals surface area contributed by atoms with Crippen LogP contribution in [0.5, 0.6) is 0 Å². The lowest BCUT2D eigenvalue weighted by Gasteiger charge is -2.15. The quantitative estimate of drug-likeness (QED) is 0.249. The summed E-state index contributed by atoms with van der Waals surface area (Å²) < 4.78 is 5.88. The minimum Gasteiger partial charge on any atom is -0.389 e. The van der Waals surface area contributed by atoms with Gasteiger partial charge >= 0.3 is 0 Å². The van der Waals surface area contributed by atoms with Crippen LogP contribution in [-0.4, -0.2) is 22.3 Å². The Bertz CT molecular complexity index is 1050. The second-order valence-corrected chi connectivity index (χ2v) is 10.2. The van der Waals surface area contributed by atoms with E-state index in [9.17, 15) is 5.11 Å². The Morgan fingerprint density at radius 3 is 1.85 bits per heavy atom. The lowest BCUT2D eigenvalue weighted by Crippen LogP contribution is -2.24. The van der Waals surface area contributed by atoms with E-state index in [0.29, 0.717) is 13.1 Å². The second kappa shape index (κ2) is 8.42. The standard InChI is InChI=1S/C21H17I3N2O/c22-13-1-5-16(6-2-13)25-11-17(27)12-26-20-7-3-14(23)9-18(20)19-10-15(24)4-8-21(19)26/h1-10,17,25,27H,11-12H2/t17-/m0/s1. The molecule has 0 unspecified atom stereocenters. The van der Waals surface area contributed by atoms with E-state index in [-0.39, 0.29) is 0 Å². The molecule has 0 spiro atoms. The summed E-state index contributed by atoms with van der Waals surface area (Å²) in [5.74, 6) is 0. The molecule has 0 saturated carbocycles. The first-order valence-corrected chi connectivity index (χ1v) is 11.8. The molecule has 0 aliphatic rings. The fourth-order valence-corrected chi connectivity index (χ4v) is 4.67. The van der Waals surface area contributed by atoms with Crippen molar-refractivity contribution in [3.8, 4) is 0 Å². The molecule has 0 saturated heterocycles. The average Bonchev–Trinajstić information content (AvgIpc) is 2.94. The van der Waals surface area contributed by atoms with Crippen LogP contribution in [0.1, 0.15) is 0 Å². The summed E-state index contributed by atoms with van der Waals surface area (Å²) >= 11 is 7.00. The lowest BCUT2D eigenvalue weighted by molar-refractivity contribution is 0.169. The van der Waals surface area contributed by atoms with Crippen molar-refractivity contribution in [1.82, 2.24) is 4.57 Å². The first kappa shape index (κ1) is 19.7. The maximum absolute atomic E-state index is 10.7. The molecule has 3 aromatic carbocycles. The third-order valence-corrected chi connectivity index (χ3v) is 6.63. The van der Waals surface area contributed by atoms with Crippen LogP contribution in [0.25, 0.3) is 21.8 Å². The molecule has 4 aromatic rings. The minimum atomic E-state index is -0.485. The van der Waals surface area contributed by atoms with Crippen LogP contribution < -0.4 is 5.32 Å². The zero-order valence-electron chi connectivity index (χ0n) is 14.3. The van der Waals surface area contributed by atoms with Crippen LogP contribution >= 0.6 is 67.8 Å². The van der Waals surface area contributed by atoms with Gasteiger partial charge in [0.25, 0.3) is 0 Å². The fourth-order valence-electron chi connectivity index (χ4n) is 3.32. The number of halogens is 3. The Morgan fingerprint density at radius 1 is 0.778 bits per heavy atom. The van der Waals surface area contributed by atoms with Gasteiger partial charge in [-0.05, 0) is 128 Å². The molecular formula is C21H17I3N2O. The molecule has 1 atom stereocenters. The maximum atomic E-state index is 10.7. The minimum absolute atomic E-state index is 0.485. The van der Waals surface area contributed by atoms with Gasteiger partial charge in [0, 0.05) is 44.7 Å². The molecule has 1 aromatic heterocycles. The van der Waals surface area contributed by atoms with E-state index < -0.39 is 6.10 Å². The van der Waals surface area contributed by atoms with Gasteiger partial charge in [-0.2, -0.15) is 0 Å². The van der Waals surface area contributed by atoms with Crippen molar-refractivity contribution in [2.24, 2.45) is 0 Å².